The number of nitro benzene ring substituents is 1. The fourth-order valence-electron chi connectivity index (χ4n) is 4.02. The van der Waals surface area contributed by atoms with Crippen LogP contribution >= 0.6 is 11.3 Å². The number of nitro groups is 1. The Kier molecular flexibility index (Phi) is 5.69. The molecule has 1 atom stereocenters. The van der Waals surface area contributed by atoms with Crippen molar-refractivity contribution in [1.82, 2.24) is 4.57 Å². The molecule has 3 heterocycles. The van der Waals surface area contributed by atoms with Gasteiger partial charge in [0.2, 0.25) is 6.79 Å². The average molecular weight is 493 g/mol. The highest BCUT2D eigenvalue weighted by molar-refractivity contribution is 7.07. The minimum Gasteiger partial charge on any atom is -0.463 e. The van der Waals surface area contributed by atoms with Crippen LogP contribution in [0.3, 0.4) is 0 Å². The highest BCUT2D eigenvalue weighted by Gasteiger charge is 2.32. The first kappa shape index (κ1) is 22.5. The van der Waals surface area contributed by atoms with Gasteiger partial charge in [0.05, 0.1) is 21.6 Å². The number of rotatable bonds is 5. The second-order valence-corrected chi connectivity index (χ2v) is 8.76. The van der Waals surface area contributed by atoms with Gasteiger partial charge in [-0.25, -0.2) is 9.79 Å². The van der Waals surface area contributed by atoms with E-state index in [1.54, 1.807) is 38.1 Å². The molecule has 0 N–H and O–H groups in total. The van der Waals surface area contributed by atoms with Crippen LogP contribution in [0.25, 0.3) is 11.8 Å². The van der Waals surface area contributed by atoms with Gasteiger partial charge in [-0.2, -0.15) is 0 Å². The van der Waals surface area contributed by atoms with Crippen molar-refractivity contribution in [2.45, 2.75) is 19.9 Å². The van der Waals surface area contributed by atoms with Crippen LogP contribution in [0.15, 0.2) is 57.8 Å². The molecule has 0 aliphatic carbocycles. The lowest BCUT2D eigenvalue weighted by molar-refractivity contribution is -0.384. The van der Waals surface area contributed by atoms with Crippen molar-refractivity contribution in [3.05, 3.63) is 89.0 Å². The zero-order valence-electron chi connectivity index (χ0n) is 18.7. The number of hydrogen-bond acceptors (Lipinski definition) is 9. The number of esters is 1. The van der Waals surface area contributed by atoms with E-state index in [0.717, 1.165) is 5.56 Å². The monoisotopic (exact) mass is 493 g/mol. The lowest BCUT2D eigenvalue weighted by Crippen LogP contribution is -2.35. The first-order chi connectivity index (χ1) is 16.9. The highest BCUT2D eigenvalue weighted by atomic mass is 32.1. The number of carbonyl (C=O) groups is 1. The van der Waals surface area contributed by atoms with Crippen LogP contribution in [0.2, 0.25) is 0 Å². The summed E-state index contributed by atoms with van der Waals surface area (Å²) in [6.07, 6.45) is 1.72. The molecular weight excluding hydrogens is 474 g/mol. The fraction of sp³-hybridized carbons (Fsp3) is 0.208. The van der Waals surface area contributed by atoms with Crippen LogP contribution in [0.1, 0.15) is 31.0 Å². The van der Waals surface area contributed by atoms with Gasteiger partial charge in [-0.15, -0.1) is 0 Å². The lowest BCUT2D eigenvalue weighted by Gasteiger charge is -2.22. The summed E-state index contributed by atoms with van der Waals surface area (Å²) in [5.41, 5.74) is 1.28. The average Bonchev–Trinajstić information content (AvgIpc) is 3.43. The van der Waals surface area contributed by atoms with E-state index in [9.17, 15) is 19.7 Å². The zero-order chi connectivity index (χ0) is 24.7. The summed E-state index contributed by atoms with van der Waals surface area (Å²) in [6, 6.07) is 10.4. The molecular formula is C24H19N3O7S. The molecule has 35 heavy (non-hydrogen) atoms. The predicted octanol–water partition coefficient (Wildman–Crippen LogP) is 2.54. The van der Waals surface area contributed by atoms with Crippen LogP contribution in [0.5, 0.6) is 11.5 Å². The van der Waals surface area contributed by atoms with Crippen molar-refractivity contribution in [1.29, 1.82) is 0 Å². The molecule has 11 heteroatoms. The maximum atomic E-state index is 13.3. The van der Waals surface area contributed by atoms with E-state index >= 15 is 0 Å². The second kappa shape index (κ2) is 8.84. The number of hydrogen-bond donors (Lipinski definition) is 0. The van der Waals surface area contributed by atoms with Gasteiger partial charge in [0.15, 0.2) is 16.3 Å². The largest absolute Gasteiger partial charge is 0.463 e. The predicted molar refractivity (Wildman–Crippen MR) is 127 cm³/mol. The Labute approximate surface area is 202 Å². The molecule has 2 aromatic carbocycles. The van der Waals surface area contributed by atoms with Crippen molar-refractivity contribution in [3.63, 3.8) is 0 Å². The summed E-state index contributed by atoms with van der Waals surface area (Å²) >= 11 is 1.17. The number of thiazole rings is 1. The summed E-state index contributed by atoms with van der Waals surface area (Å²) < 4.78 is 17.8. The van der Waals surface area contributed by atoms with Gasteiger partial charge in [-0.05, 0) is 43.2 Å². The molecule has 0 saturated carbocycles. The zero-order valence-corrected chi connectivity index (χ0v) is 19.5. The van der Waals surface area contributed by atoms with Crippen molar-refractivity contribution in [3.8, 4) is 11.5 Å². The standard InChI is InChI=1S/C24H19N3O7S/c1-3-32-23(29)20-13(2)26-22(28)19(10-14-7-8-17-18(9-14)34-12-33-17)35-24(26)25-21(20)15-5-4-6-16(11-15)27(30)31/h4-11,21H,3,12H2,1-2H3/b19-10-/t21-/m0/s1. The lowest BCUT2D eigenvalue weighted by atomic mass is 9.96. The van der Waals surface area contributed by atoms with E-state index in [1.807, 2.05) is 6.07 Å². The molecule has 1 aromatic heterocycles. The Morgan fingerprint density at radius 1 is 1.29 bits per heavy atom. The molecule has 0 bridgehead atoms. The minimum absolute atomic E-state index is 0.121. The topological polar surface area (TPSA) is 122 Å². The third-order valence-corrected chi connectivity index (χ3v) is 6.61. The Balaban J connectivity index is 1.69. The normalized spacial score (nSPS) is 16.6. The molecule has 10 nitrogen and oxygen atoms in total. The number of aromatic nitrogens is 1. The van der Waals surface area contributed by atoms with Gasteiger partial charge < -0.3 is 14.2 Å². The van der Waals surface area contributed by atoms with Crippen molar-refractivity contribution in [2.75, 3.05) is 13.4 Å². The third kappa shape index (κ3) is 3.99. The minimum atomic E-state index is -0.856. The van der Waals surface area contributed by atoms with Crippen molar-refractivity contribution < 1.29 is 23.9 Å². The Hall–Kier alpha value is -4.25. The number of carbonyl (C=O) groups excluding carboxylic acids is 1. The van der Waals surface area contributed by atoms with Crippen molar-refractivity contribution in [2.24, 2.45) is 4.99 Å². The molecule has 2 aliphatic heterocycles. The molecule has 0 spiro atoms. The summed E-state index contributed by atoms with van der Waals surface area (Å²) in [4.78, 5) is 42.1. The number of allylic oxidation sites excluding steroid dienone is 1. The number of ether oxygens (including phenoxy) is 3. The van der Waals surface area contributed by atoms with Crippen LogP contribution < -0.4 is 24.4 Å². The molecule has 3 aromatic rings. The van der Waals surface area contributed by atoms with Gasteiger partial charge in [0.25, 0.3) is 11.2 Å². The molecule has 5 rings (SSSR count). The fourth-order valence-corrected chi connectivity index (χ4v) is 5.06. The Morgan fingerprint density at radius 3 is 2.86 bits per heavy atom. The van der Waals surface area contributed by atoms with E-state index in [1.165, 1.54) is 34.1 Å². The van der Waals surface area contributed by atoms with E-state index in [0.29, 0.717) is 32.1 Å². The molecule has 0 radical (unpaired) electrons. The smallest absolute Gasteiger partial charge is 0.338 e. The molecule has 0 saturated heterocycles. The van der Waals surface area contributed by atoms with Gasteiger partial charge in [-0.1, -0.05) is 29.5 Å². The van der Waals surface area contributed by atoms with E-state index < -0.39 is 16.9 Å². The van der Waals surface area contributed by atoms with Gasteiger partial charge in [0.1, 0.15) is 6.04 Å². The van der Waals surface area contributed by atoms with Crippen LogP contribution in [0.4, 0.5) is 5.69 Å². The summed E-state index contributed by atoms with van der Waals surface area (Å²) in [5, 5.41) is 11.3. The molecule has 178 valence electrons. The maximum absolute atomic E-state index is 13.3. The number of non-ortho nitro benzene ring substituents is 1. The maximum Gasteiger partial charge on any atom is 0.338 e. The van der Waals surface area contributed by atoms with Crippen molar-refractivity contribution >= 4 is 34.8 Å². The summed E-state index contributed by atoms with van der Waals surface area (Å²) in [5.74, 6) is 0.601. The van der Waals surface area contributed by atoms with E-state index in [-0.39, 0.29) is 30.2 Å². The SMILES string of the molecule is CCOC(=O)C1=C(C)n2c(s/c(=C\c3ccc4c(c3)OCO4)c2=O)=N[C@H]1c1cccc([N+](=O)[O-])c1. The van der Waals surface area contributed by atoms with Gasteiger partial charge in [0, 0.05) is 17.8 Å². The second-order valence-electron chi connectivity index (χ2n) is 7.75. The highest BCUT2D eigenvalue weighted by Crippen LogP contribution is 2.34. The molecule has 0 unspecified atom stereocenters. The van der Waals surface area contributed by atoms with Gasteiger partial charge in [-0.3, -0.25) is 19.5 Å². The molecule has 0 amide bonds. The first-order valence-corrected chi connectivity index (χ1v) is 11.5. The van der Waals surface area contributed by atoms with E-state index in [4.69, 9.17) is 14.2 Å². The number of nitrogens with zero attached hydrogens (tertiary/aromatic N) is 3. The van der Waals surface area contributed by atoms with Gasteiger partial charge >= 0.3 is 5.97 Å². The van der Waals surface area contributed by atoms with Crippen LogP contribution in [-0.2, 0) is 9.53 Å². The summed E-state index contributed by atoms with van der Waals surface area (Å²) in [7, 11) is 0. The molecule has 2 aliphatic rings. The third-order valence-electron chi connectivity index (χ3n) is 5.63. The quantitative estimate of drug-likeness (QED) is 0.304. The molecule has 0 fully saturated rings. The van der Waals surface area contributed by atoms with Crippen LogP contribution in [0, 0.1) is 10.1 Å². The van der Waals surface area contributed by atoms with Crippen LogP contribution in [-0.4, -0.2) is 28.9 Å². The first-order valence-electron chi connectivity index (χ1n) is 10.7. The van der Waals surface area contributed by atoms with E-state index in [2.05, 4.69) is 4.99 Å². The Morgan fingerprint density at radius 2 is 2.09 bits per heavy atom. The Bertz CT molecular complexity index is 1590. The number of fused-ring (bicyclic) bond motifs is 2. The number of benzene rings is 2. The summed E-state index contributed by atoms with van der Waals surface area (Å²) in [6.45, 7) is 3.60.